The Labute approximate surface area is 132 Å². The molecule has 0 spiro atoms. The van der Waals surface area contributed by atoms with Crippen LogP contribution in [0.3, 0.4) is 0 Å². The lowest BCUT2D eigenvalue weighted by molar-refractivity contribution is -0.140. The second kappa shape index (κ2) is 7.42. The molecule has 0 radical (unpaired) electrons. The van der Waals surface area contributed by atoms with Gasteiger partial charge in [-0.1, -0.05) is 6.42 Å². The van der Waals surface area contributed by atoms with Gasteiger partial charge >= 0.3 is 0 Å². The Morgan fingerprint density at radius 2 is 1.95 bits per heavy atom. The minimum absolute atomic E-state index is 0.0451. The fraction of sp³-hybridized carbons (Fsp3) is 0.875. The van der Waals surface area contributed by atoms with Gasteiger partial charge in [0.1, 0.15) is 0 Å². The molecule has 3 aliphatic heterocycles. The zero-order chi connectivity index (χ0) is 15.4. The molecule has 3 fully saturated rings. The molecule has 124 valence electrons. The van der Waals surface area contributed by atoms with Crippen LogP contribution in [0.5, 0.6) is 0 Å². The van der Waals surface area contributed by atoms with Crippen LogP contribution in [0.4, 0.5) is 0 Å². The molecule has 0 aromatic carbocycles. The summed E-state index contributed by atoms with van der Waals surface area (Å²) in [5.41, 5.74) is 0. The zero-order valence-corrected chi connectivity index (χ0v) is 13.4. The first kappa shape index (κ1) is 15.7. The van der Waals surface area contributed by atoms with E-state index in [9.17, 15) is 9.59 Å². The van der Waals surface area contributed by atoms with E-state index in [0.29, 0.717) is 19.0 Å². The zero-order valence-electron chi connectivity index (χ0n) is 13.4. The summed E-state index contributed by atoms with van der Waals surface area (Å²) in [6.07, 6.45) is 5.11. The third kappa shape index (κ3) is 3.98. The van der Waals surface area contributed by atoms with Gasteiger partial charge in [0.15, 0.2) is 0 Å². The van der Waals surface area contributed by atoms with E-state index in [0.717, 1.165) is 32.6 Å². The number of nitrogens with one attached hydrogen (secondary N) is 1. The molecule has 1 atom stereocenters. The van der Waals surface area contributed by atoms with E-state index in [1.54, 1.807) is 4.90 Å². The van der Waals surface area contributed by atoms with Crippen LogP contribution < -0.4 is 5.32 Å². The van der Waals surface area contributed by atoms with Gasteiger partial charge in [0, 0.05) is 32.7 Å². The van der Waals surface area contributed by atoms with Gasteiger partial charge in [-0.05, 0) is 38.3 Å². The minimum Gasteiger partial charge on any atom is -0.341 e. The summed E-state index contributed by atoms with van der Waals surface area (Å²) in [5.74, 6) is 0.779. The number of likely N-dealkylation sites (tertiary alicyclic amines) is 2. The number of nitrogens with zero attached hydrogens (tertiary/aromatic N) is 3. The number of hydrogen-bond acceptors (Lipinski definition) is 4. The lowest BCUT2D eigenvalue weighted by atomic mass is 10.1. The fourth-order valence-corrected chi connectivity index (χ4v) is 3.79. The van der Waals surface area contributed by atoms with Crippen LogP contribution >= 0.6 is 0 Å². The highest BCUT2D eigenvalue weighted by molar-refractivity contribution is 5.86. The molecule has 1 N–H and O–H groups in total. The normalized spacial score (nSPS) is 27.5. The second-order valence-electron chi connectivity index (χ2n) is 6.85. The number of hydrogen-bond donors (Lipinski definition) is 1. The van der Waals surface area contributed by atoms with Crippen molar-refractivity contribution in [2.24, 2.45) is 5.92 Å². The van der Waals surface area contributed by atoms with E-state index in [-0.39, 0.29) is 18.4 Å². The highest BCUT2D eigenvalue weighted by atomic mass is 16.2. The van der Waals surface area contributed by atoms with E-state index in [2.05, 4.69) is 10.2 Å². The Bertz CT molecular complexity index is 409. The maximum atomic E-state index is 12.4. The molecule has 6 heteroatoms. The van der Waals surface area contributed by atoms with Gasteiger partial charge < -0.3 is 20.0 Å². The van der Waals surface area contributed by atoms with E-state index in [1.807, 2.05) is 4.90 Å². The Morgan fingerprint density at radius 1 is 1.14 bits per heavy atom. The molecule has 0 unspecified atom stereocenters. The molecular weight excluding hydrogens is 280 g/mol. The van der Waals surface area contributed by atoms with Gasteiger partial charge in [-0.25, -0.2) is 0 Å². The maximum Gasteiger partial charge on any atom is 0.242 e. The van der Waals surface area contributed by atoms with Crippen molar-refractivity contribution in [2.45, 2.75) is 25.7 Å². The van der Waals surface area contributed by atoms with Gasteiger partial charge in [0.2, 0.25) is 11.8 Å². The first-order valence-corrected chi connectivity index (χ1v) is 8.71. The van der Waals surface area contributed by atoms with Crippen molar-refractivity contribution < 1.29 is 9.59 Å². The van der Waals surface area contributed by atoms with Gasteiger partial charge in [0.05, 0.1) is 13.1 Å². The molecule has 6 nitrogen and oxygen atoms in total. The van der Waals surface area contributed by atoms with Crippen LogP contribution in [0.25, 0.3) is 0 Å². The number of carbonyl (C=O) groups is 2. The van der Waals surface area contributed by atoms with E-state index < -0.39 is 0 Å². The molecule has 3 aliphatic rings. The van der Waals surface area contributed by atoms with Crippen LogP contribution in [0, 0.1) is 5.92 Å². The lowest BCUT2D eigenvalue weighted by Crippen LogP contribution is -2.51. The highest BCUT2D eigenvalue weighted by Crippen LogP contribution is 2.20. The van der Waals surface area contributed by atoms with Crippen molar-refractivity contribution in [3.05, 3.63) is 0 Å². The summed E-state index contributed by atoms with van der Waals surface area (Å²) in [4.78, 5) is 30.4. The average molecular weight is 308 g/mol. The molecule has 22 heavy (non-hydrogen) atoms. The fourth-order valence-electron chi connectivity index (χ4n) is 3.79. The van der Waals surface area contributed by atoms with Gasteiger partial charge in [0.25, 0.3) is 0 Å². The highest BCUT2D eigenvalue weighted by Gasteiger charge is 2.30. The van der Waals surface area contributed by atoms with Crippen molar-refractivity contribution in [1.82, 2.24) is 20.0 Å². The summed E-state index contributed by atoms with van der Waals surface area (Å²) in [5, 5.41) is 3.04. The number of piperazine rings is 1. The molecule has 0 saturated carbocycles. The summed E-state index contributed by atoms with van der Waals surface area (Å²) in [7, 11) is 0. The molecule has 0 aromatic heterocycles. The number of amides is 2. The molecule has 3 heterocycles. The Balaban J connectivity index is 1.43. The maximum absolute atomic E-state index is 12.4. The first-order chi connectivity index (χ1) is 10.7. The lowest BCUT2D eigenvalue weighted by Gasteiger charge is -2.30. The number of carbonyl (C=O) groups excluding carboxylic acids is 2. The topological polar surface area (TPSA) is 55.9 Å². The molecule has 3 saturated heterocycles. The summed E-state index contributed by atoms with van der Waals surface area (Å²) in [6.45, 7) is 7.37. The largest absolute Gasteiger partial charge is 0.341 e. The van der Waals surface area contributed by atoms with Crippen molar-refractivity contribution in [3.63, 3.8) is 0 Å². The Kier molecular flexibility index (Phi) is 5.31. The quantitative estimate of drug-likeness (QED) is 0.778. The van der Waals surface area contributed by atoms with E-state index in [1.165, 1.54) is 32.4 Å². The van der Waals surface area contributed by atoms with Crippen LogP contribution in [-0.4, -0.2) is 85.4 Å². The average Bonchev–Trinajstić information content (AvgIpc) is 2.99. The Morgan fingerprint density at radius 3 is 2.73 bits per heavy atom. The summed E-state index contributed by atoms with van der Waals surface area (Å²) in [6, 6.07) is 0. The molecule has 0 aromatic rings. The Hall–Kier alpha value is -1.14. The van der Waals surface area contributed by atoms with E-state index in [4.69, 9.17) is 0 Å². The van der Waals surface area contributed by atoms with Crippen LogP contribution in [0.15, 0.2) is 0 Å². The van der Waals surface area contributed by atoms with Crippen molar-refractivity contribution in [3.8, 4) is 0 Å². The smallest absolute Gasteiger partial charge is 0.242 e. The number of rotatable bonds is 4. The summed E-state index contributed by atoms with van der Waals surface area (Å²) < 4.78 is 0. The van der Waals surface area contributed by atoms with Gasteiger partial charge in [-0.2, -0.15) is 0 Å². The van der Waals surface area contributed by atoms with Crippen LogP contribution in [-0.2, 0) is 9.59 Å². The molecule has 0 bridgehead atoms. The predicted octanol–water partition coefficient (Wildman–Crippen LogP) is -0.247. The predicted molar refractivity (Wildman–Crippen MR) is 84.4 cm³/mol. The standard InChI is InChI=1S/C16H28N4O2/c21-15-10-17-5-9-20(15)13-16(22)19-8-4-14(12-19)11-18-6-2-1-3-7-18/h14,17H,1-13H2/t14-/m1/s1. The SMILES string of the molecule is O=C1CNCCN1CC(=O)N1CC[C@H](CN2CCCCC2)C1. The molecular formula is C16H28N4O2. The van der Waals surface area contributed by atoms with Crippen molar-refractivity contribution in [2.75, 3.05) is 58.9 Å². The van der Waals surface area contributed by atoms with Crippen molar-refractivity contribution >= 4 is 11.8 Å². The minimum atomic E-state index is 0.0451. The molecule has 2 amide bonds. The van der Waals surface area contributed by atoms with Crippen LogP contribution in [0.2, 0.25) is 0 Å². The summed E-state index contributed by atoms with van der Waals surface area (Å²) >= 11 is 0. The van der Waals surface area contributed by atoms with Crippen molar-refractivity contribution in [1.29, 1.82) is 0 Å². The van der Waals surface area contributed by atoms with Gasteiger partial charge in [-0.3, -0.25) is 9.59 Å². The second-order valence-corrected chi connectivity index (χ2v) is 6.85. The van der Waals surface area contributed by atoms with Crippen LogP contribution in [0.1, 0.15) is 25.7 Å². The first-order valence-electron chi connectivity index (χ1n) is 8.71. The number of piperidine rings is 1. The van der Waals surface area contributed by atoms with E-state index >= 15 is 0 Å². The monoisotopic (exact) mass is 308 g/mol. The third-order valence-corrected chi connectivity index (χ3v) is 5.12. The third-order valence-electron chi connectivity index (χ3n) is 5.12. The van der Waals surface area contributed by atoms with Gasteiger partial charge in [-0.15, -0.1) is 0 Å². The molecule has 0 aliphatic carbocycles. The molecule has 3 rings (SSSR count).